The lowest BCUT2D eigenvalue weighted by Crippen LogP contribution is -2.42. The van der Waals surface area contributed by atoms with Gasteiger partial charge in [0.2, 0.25) is 15.7 Å². The molecule has 0 aromatic heterocycles. The zero-order valence-corrected chi connectivity index (χ0v) is 44.4. The van der Waals surface area contributed by atoms with Crippen LogP contribution in [0.4, 0.5) is 11.4 Å². The van der Waals surface area contributed by atoms with Crippen LogP contribution in [0.15, 0.2) is 143 Å². The standard InChI is InChI=1S/C58H67N3O9S2/c1-9-10-33-60-49-16-12-11-15-47(49)56(4,5)51(60)30-22-42-36-43(39-58(38-42,54(64)44-24-18-40(2)19-25-44)55(65)45-26-20-41(3)21-27-45)23-31-52-57(6,7)48-37-46(72(69,70)59(8)32-13-17-53(62)63)28-29-50(48)61(52)34-14-35-71(66,67)68/h11-12,15-16,18-31,36-37H,9-10,13-14,17,32-35,38-39H2,1-8H3,(H-,62,63,66,67,68)/p+1. The number of benzene rings is 4. The second kappa shape index (κ2) is 21.2. The molecule has 380 valence electrons. The lowest BCUT2D eigenvalue weighted by molar-refractivity contribution is -0.438. The summed E-state index contributed by atoms with van der Waals surface area (Å²) in [6, 6.07) is 27.9. The quantitative estimate of drug-likeness (QED) is 0.0376. The molecule has 0 saturated carbocycles. The zero-order chi connectivity index (χ0) is 52.4. The Morgan fingerprint density at radius 2 is 1.39 bits per heavy atom. The summed E-state index contributed by atoms with van der Waals surface area (Å²) in [7, 11) is -6.94. The van der Waals surface area contributed by atoms with Crippen molar-refractivity contribution in [1.29, 1.82) is 0 Å². The highest BCUT2D eigenvalue weighted by Crippen LogP contribution is 2.50. The van der Waals surface area contributed by atoms with Crippen molar-refractivity contribution in [2.24, 2.45) is 5.41 Å². The summed E-state index contributed by atoms with van der Waals surface area (Å²) in [4.78, 5) is 44.0. The van der Waals surface area contributed by atoms with E-state index in [9.17, 15) is 26.2 Å². The number of carboxylic acids is 1. The van der Waals surface area contributed by atoms with Crippen LogP contribution < -0.4 is 4.90 Å². The zero-order valence-electron chi connectivity index (χ0n) is 42.7. The van der Waals surface area contributed by atoms with Crippen molar-refractivity contribution in [3.63, 3.8) is 0 Å². The van der Waals surface area contributed by atoms with Crippen LogP contribution in [0.5, 0.6) is 0 Å². The minimum absolute atomic E-state index is 0.00246. The number of Topliss-reactive ketones (excluding diaryl/α,β-unsaturated/α-hetero) is 2. The van der Waals surface area contributed by atoms with Gasteiger partial charge in [0.05, 0.1) is 16.1 Å². The van der Waals surface area contributed by atoms with Gasteiger partial charge in [0, 0.05) is 78.6 Å². The molecule has 2 heterocycles. The molecular weight excluding hydrogens is 947 g/mol. The third-order valence-electron chi connectivity index (χ3n) is 14.5. The molecule has 0 amide bonds. The molecule has 0 fully saturated rings. The SMILES string of the molecule is CCCC[N+]1=C(/C=C/C2=CC(=C/C=C3/N(CCCS(=O)(=O)O)c4ccc(S(=O)(=O)N(C)CCCC(=O)O)cc4C3(C)C)/CC(C(=O)c3ccc(C)cc3)(C(=O)c3ccc(C)cc3)C2)C(C)(C)c2ccccc21. The van der Waals surface area contributed by atoms with Gasteiger partial charge in [-0.15, -0.1) is 0 Å². The Kier molecular flexibility index (Phi) is 15.8. The number of nitrogens with zero attached hydrogens (tertiary/aromatic N) is 3. The van der Waals surface area contributed by atoms with Crippen LogP contribution >= 0.6 is 0 Å². The van der Waals surface area contributed by atoms with Crippen LogP contribution in [-0.4, -0.2) is 91.1 Å². The molecule has 3 aliphatic rings. The number of ketones is 2. The third kappa shape index (κ3) is 11.1. The molecule has 4 aromatic carbocycles. The van der Waals surface area contributed by atoms with E-state index in [0.29, 0.717) is 33.6 Å². The van der Waals surface area contributed by atoms with Crippen molar-refractivity contribution in [1.82, 2.24) is 4.31 Å². The summed E-state index contributed by atoms with van der Waals surface area (Å²) in [5.74, 6) is -2.10. The normalized spacial score (nSPS) is 18.2. The van der Waals surface area contributed by atoms with Gasteiger partial charge in [-0.1, -0.05) is 123 Å². The van der Waals surface area contributed by atoms with E-state index in [1.54, 1.807) is 36.4 Å². The number of rotatable bonds is 20. The van der Waals surface area contributed by atoms with Crippen molar-refractivity contribution in [2.75, 3.05) is 37.3 Å². The summed E-state index contributed by atoms with van der Waals surface area (Å²) < 4.78 is 65.1. The van der Waals surface area contributed by atoms with Crippen molar-refractivity contribution in [3.05, 3.63) is 172 Å². The largest absolute Gasteiger partial charge is 0.481 e. The lowest BCUT2D eigenvalue weighted by Gasteiger charge is -2.35. The first-order chi connectivity index (χ1) is 33.9. The van der Waals surface area contributed by atoms with Gasteiger partial charge in [0.15, 0.2) is 17.3 Å². The van der Waals surface area contributed by atoms with Gasteiger partial charge >= 0.3 is 5.97 Å². The number of hydrogen-bond donors (Lipinski definition) is 2. The average Bonchev–Trinajstić information content (AvgIpc) is 3.68. The fourth-order valence-corrected chi connectivity index (χ4v) is 12.2. The maximum Gasteiger partial charge on any atom is 0.303 e. The Morgan fingerprint density at radius 1 is 0.764 bits per heavy atom. The molecule has 2 aliphatic heterocycles. The first-order valence-electron chi connectivity index (χ1n) is 24.7. The Balaban J connectivity index is 1.40. The monoisotopic (exact) mass is 1010 g/mol. The van der Waals surface area contributed by atoms with Gasteiger partial charge in [-0.2, -0.15) is 13.0 Å². The molecule has 0 saturated heterocycles. The van der Waals surface area contributed by atoms with Gasteiger partial charge in [0.1, 0.15) is 12.0 Å². The van der Waals surface area contributed by atoms with E-state index < -0.39 is 42.7 Å². The summed E-state index contributed by atoms with van der Waals surface area (Å²) in [5.41, 5.74) is 7.00. The summed E-state index contributed by atoms with van der Waals surface area (Å²) in [5, 5.41) is 9.17. The molecule has 4 aromatic rings. The molecule has 72 heavy (non-hydrogen) atoms. The molecule has 0 radical (unpaired) electrons. The number of sulfonamides is 1. The third-order valence-corrected chi connectivity index (χ3v) is 17.2. The molecular formula is C58H68N3O9S2+. The Bertz CT molecular complexity index is 3100. The van der Waals surface area contributed by atoms with Crippen molar-refractivity contribution >= 4 is 54.8 Å². The second-order valence-electron chi connectivity index (χ2n) is 20.6. The fraction of sp³-hybridized carbons (Fsp3) is 0.379. The van der Waals surface area contributed by atoms with Gasteiger partial charge < -0.3 is 10.0 Å². The van der Waals surface area contributed by atoms with Gasteiger partial charge in [-0.25, -0.2) is 12.7 Å². The van der Waals surface area contributed by atoms with Crippen LogP contribution in [0.25, 0.3) is 0 Å². The summed E-state index contributed by atoms with van der Waals surface area (Å²) in [6.07, 6.45) is 12.3. The average molecular weight is 1020 g/mol. The number of anilines is 1. The number of allylic oxidation sites excluding steroid dienone is 8. The van der Waals surface area contributed by atoms with Gasteiger partial charge in [-0.05, 0) is 94.4 Å². The van der Waals surface area contributed by atoms with Gasteiger partial charge in [-0.3, -0.25) is 18.9 Å². The number of aryl methyl sites for hydroxylation is 2. The molecule has 0 bridgehead atoms. The van der Waals surface area contributed by atoms with Crippen LogP contribution in [0.3, 0.4) is 0 Å². The lowest BCUT2D eigenvalue weighted by atomic mass is 9.64. The topological polar surface area (TPSA) is 169 Å². The fourth-order valence-electron chi connectivity index (χ4n) is 10.5. The maximum atomic E-state index is 15.4. The number of unbranched alkanes of at least 4 members (excludes halogenated alkanes) is 1. The molecule has 12 nitrogen and oxygen atoms in total. The van der Waals surface area contributed by atoms with Crippen LogP contribution in [0, 0.1) is 19.3 Å². The van der Waals surface area contributed by atoms with E-state index >= 15 is 9.59 Å². The Hall–Kier alpha value is -6.06. The summed E-state index contributed by atoms with van der Waals surface area (Å²) >= 11 is 0. The molecule has 0 unspecified atom stereocenters. The number of carbonyl (C=O) groups is 3. The predicted octanol–water partition coefficient (Wildman–Crippen LogP) is 10.9. The smallest absolute Gasteiger partial charge is 0.303 e. The van der Waals surface area contributed by atoms with Crippen molar-refractivity contribution in [2.45, 2.75) is 109 Å². The molecule has 14 heteroatoms. The number of carboxylic acid groups (broad SMARTS) is 1. The molecule has 1 aliphatic carbocycles. The van der Waals surface area contributed by atoms with E-state index in [-0.39, 0.29) is 67.1 Å². The highest BCUT2D eigenvalue weighted by molar-refractivity contribution is 7.89. The van der Waals surface area contributed by atoms with Gasteiger partial charge in [0.25, 0.3) is 10.1 Å². The Morgan fingerprint density at radius 3 is 1.99 bits per heavy atom. The molecule has 0 atom stereocenters. The first-order valence-corrected chi connectivity index (χ1v) is 27.8. The highest BCUT2D eigenvalue weighted by Gasteiger charge is 2.49. The Labute approximate surface area is 426 Å². The predicted molar refractivity (Wildman–Crippen MR) is 285 cm³/mol. The van der Waals surface area contributed by atoms with E-state index in [1.165, 1.54) is 18.7 Å². The van der Waals surface area contributed by atoms with E-state index in [1.807, 2.05) is 75.1 Å². The first kappa shape index (κ1) is 53.7. The van der Waals surface area contributed by atoms with Crippen molar-refractivity contribution < 1.29 is 45.5 Å². The number of para-hydroxylation sites is 1. The van der Waals surface area contributed by atoms with Crippen LogP contribution in [0.1, 0.15) is 123 Å². The van der Waals surface area contributed by atoms with Crippen LogP contribution in [0.2, 0.25) is 0 Å². The molecule has 2 N–H and O–H groups in total. The summed E-state index contributed by atoms with van der Waals surface area (Å²) in [6.45, 7) is 15.4. The van der Waals surface area contributed by atoms with Crippen LogP contribution in [-0.2, 0) is 35.8 Å². The maximum absolute atomic E-state index is 15.4. The molecule has 0 spiro atoms. The highest BCUT2D eigenvalue weighted by atomic mass is 32.2. The van der Waals surface area contributed by atoms with Crippen molar-refractivity contribution in [3.8, 4) is 0 Å². The minimum atomic E-state index is -4.31. The van der Waals surface area contributed by atoms with E-state index in [4.69, 9.17) is 5.11 Å². The van der Waals surface area contributed by atoms with E-state index in [0.717, 1.165) is 51.8 Å². The van der Waals surface area contributed by atoms with E-state index in [2.05, 4.69) is 61.8 Å². The number of fused-ring (bicyclic) bond motifs is 2. The molecule has 7 rings (SSSR count). The number of hydrogen-bond acceptors (Lipinski definition) is 8. The number of aliphatic carboxylic acids is 1. The second-order valence-corrected chi connectivity index (χ2v) is 24.2. The number of carbonyl (C=O) groups excluding carboxylic acids is 2. The minimum Gasteiger partial charge on any atom is -0.481 e.